The lowest BCUT2D eigenvalue weighted by molar-refractivity contribution is -0.120. The molecule has 0 saturated heterocycles. The number of rotatable bonds is 5. The Morgan fingerprint density at radius 3 is 2.75 bits per heavy atom. The maximum atomic E-state index is 12.3. The van der Waals surface area contributed by atoms with E-state index in [-0.39, 0.29) is 11.9 Å². The molecule has 3 nitrogen and oxygen atoms in total. The summed E-state index contributed by atoms with van der Waals surface area (Å²) in [4.78, 5) is 14.3. The van der Waals surface area contributed by atoms with Crippen LogP contribution >= 0.6 is 11.3 Å². The van der Waals surface area contributed by atoms with Gasteiger partial charge in [0.15, 0.2) is 0 Å². The first-order valence-corrected chi connectivity index (χ1v) is 7.60. The van der Waals surface area contributed by atoms with Gasteiger partial charge in [0.05, 0.1) is 6.04 Å². The molecule has 0 unspecified atom stereocenters. The normalized spacial score (nSPS) is 12.4. The number of amides is 1. The van der Waals surface area contributed by atoms with Crippen LogP contribution in [0.2, 0.25) is 0 Å². The summed E-state index contributed by atoms with van der Waals surface area (Å²) in [5.41, 5.74) is 3.20. The van der Waals surface area contributed by atoms with Crippen LogP contribution in [-0.2, 0) is 11.3 Å². The number of thiophene rings is 1. The van der Waals surface area contributed by atoms with Crippen molar-refractivity contribution in [2.45, 2.75) is 26.4 Å². The van der Waals surface area contributed by atoms with Gasteiger partial charge < -0.3 is 5.32 Å². The second-order valence-corrected chi connectivity index (χ2v) is 5.81. The quantitative estimate of drug-likeness (QED) is 0.913. The molecule has 0 fully saturated rings. The summed E-state index contributed by atoms with van der Waals surface area (Å²) in [6.45, 7) is 4.71. The molecular weight excluding hydrogens is 268 g/mol. The fraction of sp³-hybridized carbons (Fsp3) is 0.312. The zero-order valence-electron chi connectivity index (χ0n) is 12.1. The van der Waals surface area contributed by atoms with Crippen LogP contribution in [0.15, 0.2) is 41.1 Å². The second-order valence-electron chi connectivity index (χ2n) is 5.03. The number of carbonyl (C=O) groups excluding carboxylic acids is 1. The van der Waals surface area contributed by atoms with Crippen molar-refractivity contribution in [3.05, 3.63) is 52.2 Å². The molecule has 1 aromatic carbocycles. The van der Waals surface area contributed by atoms with Gasteiger partial charge in [0.25, 0.3) is 0 Å². The highest BCUT2D eigenvalue weighted by Gasteiger charge is 2.18. The van der Waals surface area contributed by atoms with Gasteiger partial charge in [0.2, 0.25) is 5.91 Å². The second kappa shape index (κ2) is 6.68. The molecule has 0 saturated carbocycles. The number of carbonyl (C=O) groups is 1. The number of nitrogens with one attached hydrogen (secondary N) is 1. The molecule has 0 spiro atoms. The lowest BCUT2D eigenvalue weighted by Gasteiger charge is -2.23. The Kier molecular flexibility index (Phi) is 4.93. The molecule has 1 aromatic heterocycles. The van der Waals surface area contributed by atoms with Crippen LogP contribution in [0.1, 0.15) is 18.1 Å². The fourth-order valence-corrected chi connectivity index (χ4v) is 2.62. The summed E-state index contributed by atoms with van der Waals surface area (Å²) in [6, 6.07) is 9.75. The van der Waals surface area contributed by atoms with E-state index in [0.29, 0.717) is 0 Å². The van der Waals surface area contributed by atoms with E-state index in [0.717, 1.165) is 17.8 Å². The summed E-state index contributed by atoms with van der Waals surface area (Å²) in [6.07, 6.45) is 0. The minimum absolute atomic E-state index is 0.0250. The highest BCUT2D eigenvalue weighted by atomic mass is 32.1. The minimum Gasteiger partial charge on any atom is -0.324 e. The first kappa shape index (κ1) is 14.8. The topological polar surface area (TPSA) is 32.3 Å². The average Bonchev–Trinajstić information content (AvgIpc) is 2.93. The van der Waals surface area contributed by atoms with Gasteiger partial charge in [-0.15, -0.1) is 0 Å². The Balaban J connectivity index is 1.96. The van der Waals surface area contributed by atoms with E-state index in [4.69, 9.17) is 0 Å². The Morgan fingerprint density at radius 1 is 1.35 bits per heavy atom. The molecule has 106 valence electrons. The van der Waals surface area contributed by atoms with Crippen molar-refractivity contribution >= 4 is 22.9 Å². The van der Waals surface area contributed by atoms with Crippen LogP contribution < -0.4 is 5.32 Å². The molecule has 0 aliphatic carbocycles. The van der Waals surface area contributed by atoms with Crippen LogP contribution in [0.25, 0.3) is 0 Å². The number of nitrogens with zero attached hydrogens (tertiary/aromatic N) is 1. The van der Waals surface area contributed by atoms with Gasteiger partial charge in [0.1, 0.15) is 0 Å². The van der Waals surface area contributed by atoms with E-state index in [1.807, 2.05) is 45.2 Å². The molecule has 0 aliphatic heterocycles. The summed E-state index contributed by atoms with van der Waals surface area (Å²) >= 11 is 1.68. The Labute approximate surface area is 124 Å². The Morgan fingerprint density at radius 2 is 2.10 bits per heavy atom. The molecular formula is C16H20N2OS. The molecule has 2 rings (SSSR count). The fourth-order valence-electron chi connectivity index (χ4n) is 1.96. The SMILES string of the molecule is Cc1ccccc1NC(=O)[C@H](C)N(C)Cc1ccsc1. The van der Waals surface area contributed by atoms with E-state index in [1.165, 1.54) is 5.56 Å². The van der Waals surface area contributed by atoms with Crippen molar-refractivity contribution in [2.24, 2.45) is 0 Å². The number of benzene rings is 1. The number of aryl methyl sites for hydroxylation is 1. The van der Waals surface area contributed by atoms with Gasteiger partial charge in [-0.1, -0.05) is 18.2 Å². The number of hydrogen-bond acceptors (Lipinski definition) is 3. The predicted molar refractivity (Wildman–Crippen MR) is 85.1 cm³/mol. The molecule has 20 heavy (non-hydrogen) atoms. The lowest BCUT2D eigenvalue weighted by atomic mass is 10.2. The van der Waals surface area contributed by atoms with Gasteiger partial charge in [0, 0.05) is 12.2 Å². The van der Waals surface area contributed by atoms with E-state index in [2.05, 4.69) is 27.0 Å². The van der Waals surface area contributed by atoms with Crippen LogP contribution in [0.5, 0.6) is 0 Å². The monoisotopic (exact) mass is 288 g/mol. The molecule has 1 amide bonds. The molecule has 1 heterocycles. The van der Waals surface area contributed by atoms with Gasteiger partial charge in [-0.3, -0.25) is 9.69 Å². The minimum atomic E-state index is -0.172. The first-order valence-electron chi connectivity index (χ1n) is 6.65. The van der Waals surface area contributed by atoms with Crippen molar-refractivity contribution in [1.82, 2.24) is 4.90 Å². The Bertz CT molecular complexity index is 566. The van der Waals surface area contributed by atoms with Crippen LogP contribution in [0.4, 0.5) is 5.69 Å². The zero-order chi connectivity index (χ0) is 14.5. The summed E-state index contributed by atoms with van der Waals surface area (Å²) in [5.74, 6) is 0.0250. The molecule has 1 atom stereocenters. The van der Waals surface area contributed by atoms with Gasteiger partial charge in [-0.25, -0.2) is 0 Å². The third kappa shape index (κ3) is 3.68. The largest absolute Gasteiger partial charge is 0.324 e. The highest BCUT2D eigenvalue weighted by Crippen LogP contribution is 2.15. The van der Waals surface area contributed by atoms with Gasteiger partial charge in [-0.05, 0) is 54.9 Å². The van der Waals surface area contributed by atoms with Crippen LogP contribution in [0.3, 0.4) is 0 Å². The predicted octanol–water partition coefficient (Wildman–Crippen LogP) is 3.52. The molecule has 0 aliphatic rings. The van der Waals surface area contributed by atoms with Crippen LogP contribution in [0, 0.1) is 6.92 Å². The van der Waals surface area contributed by atoms with E-state index in [1.54, 1.807) is 11.3 Å². The van der Waals surface area contributed by atoms with E-state index < -0.39 is 0 Å². The van der Waals surface area contributed by atoms with Gasteiger partial charge in [-0.2, -0.15) is 11.3 Å². The van der Waals surface area contributed by atoms with Gasteiger partial charge >= 0.3 is 0 Å². The molecule has 0 radical (unpaired) electrons. The smallest absolute Gasteiger partial charge is 0.241 e. The Hall–Kier alpha value is -1.65. The van der Waals surface area contributed by atoms with Crippen LogP contribution in [-0.4, -0.2) is 23.9 Å². The maximum absolute atomic E-state index is 12.3. The number of likely N-dealkylation sites (N-methyl/N-ethyl adjacent to an activating group) is 1. The van der Waals surface area contributed by atoms with Crippen molar-refractivity contribution < 1.29 is 4.79 Å². The third-order valence-corrected chi connectivity index (χ3v) is 4.19. The summed E-state index contributed by atoms with van der Waals surface area (Å²) in [7, 11) is 1.97. The van der Waals surface area contributed by atoms with Crippen molar-refractivity contribution in [3.8, 4) is 0 Å². The average molecular weight is 288 g/mol. The lowest BCUT2D eigenvalue weighted by Crippen LogP contribution is -2.39. The molecule has 2 aromatic rings. The van der Waals surface area contributed by atoms with Crippen molar-refractivity contribution in [2.75, 3.05) is 12.4 Å². The molecule has 0 bridgehead atoms. The highest BCUT2D eigenvalue weighted by molar-refractivity contribution is 7.07. The summed E-state index contributed by atoms with van der Waals surface area (Å²) < 4.78 is 0. The maximum Gasteiger partial charge on any atom is 0.241 e. The van der Waals surface area contributed by atoms with E-state index >= 15 is 0 Å². The number of hydrogen-bond donors (Lipinski definition) is 1. The summed E-state index contributed by atoms with van der Waals surface area (Å²) in [5, 5.41) is 7.16. The first-order chi connectivity index (χ1) is 9.58. The third-order valence-electron chi connectivity index (χ3n) is 3.46. The standard InChI is InChI=1S/C16H20N2OS/c1-12-6-4-5-7-15(12)17-16(19)13(2)18(3)10-14-8-9-20-11-14/h4-9,11,13H,10H2,1-3H3,(H,17,19)/t13-/m0/s1. The molecule has 1 N–H and O–H groups in total. The van der Waals surface area contributed by atoms with E-state index in [9.17, 15) is 4.79 Å². The number of anilines is 1. The van der Waals surface area contributed by atoms with Crippen molar-refractivity contribution in [1.29, 1.82) is 0 Å². The molecule has 4 heteroatoms. The zero-order valence-corrected chi connectivity index (χ0v) is 12.9. The van der Waals surface area contributed by atoms with Crippen molar-refractivity contribution in [3.63, 3.8) is 0 Å². The number of para-hydroxylation sites is 1.